The minimum Gasteiger partial charge on any atom is -0.491 e. The van der Waals surface area contributed by atoms with Gasteiger partial charge in [-0.2, -0.15) is 5.10 Å². The number of oxazole rings is 1. The number of halogens is 1. The lowest BCUT2D eigenvalue weighted by atomic mass is 10.1. The highest BCUT2D eigenvalue weighted by Crippen LogP contribution is 2.35. The molecular weight excluding hydrogens is 398 g/mol. The van der Waals surface area contributed by atoms with Gasteiger partial charge in [-0.05, 0) is 40.2 Å². The summed E-state index contributed by atoms with van der Waals surface area (Å²) in [5.41, 5.74) is 3.59. The van der Waals surface area contributed by atoms with Gasteiger partial charge in [-0.3, -0.25) is 10.1 Å². The van der Waals surface area contributed by atoms with Crippen molar-refractivity contribution in [3.63, 3.8) is 0 Å². The van der Waals surface area contributed by atoms with Gasteiger partial charge in [0.2, 0.25) is 0 Å². The van der Waals surface area contributed by atoms with Gasteiger partial charge in [-0.25, -0.2) is 4.98 Å². The summed E-state index contributed by atoms with van der Waals surface area (Å²) in [6.07, 6.45) is 5.70. The van der Waals surface area contributed by atoms with Crippen LogP contribution in [0, 0.1) is 0 Å². The molecule has 0 radical (unpaired) electrons. The average Bonchev–Trinajstić information content (AvgIpc) is 3.30. The minimum absolute atomic E-state index is 0.0879. The van der Waals surface area contributed by atoms with E-state index in [9.17, 15) is 0 Å². The van der Waals surface area contributed by atoms with Gasteiger partial charge < -0.3 is 14.5 Å². The number of pyridine rings is 1. The molecule has 1 unspecified atom stereocenters. The molecule has 4 aromatic rings. The number of benzene rings is 1. The second-order valence-corrected chi connectivity index (χ2v) is 6.98. The largest absolute Gasteiger partial charge is 0.491 e. The zero-order chi connectivity index (χ0) is 17.5. The molecular formula is C18H14BrN5O2. The van der Waals surface area contributed by atoms with E-state index in [2.05, 4.69) is 47.5 Å². The van der Waals surface area contributed by atoms with Crippen molar-refractivity contribution in [2.75, 3.05) is 11.9 Å². The molecule has 8 heteroatoms. The van der Waals surface area contributed by atoms with Crippen LogP contribution >= 0.6 is 15.9 Å². The first-order valence-electron chi connectivity index (χ1n) is 8.20. The topological polar surface area (TPSA) is 88.9 Å². The number of fused-ring (bicyclic) bond motifs is 2. The smallest absolute Gasteiger partial charge is 0.181 e. The number of ether oxygens (including phenoxy) is 1. The first kappa shape index (κ1) is 15.4. The normalized spacial score (nSPS) is 16.3. The number of aromatic nitrogens is 4. The standard InChI is InChI=1S/C18H14BrN5O2/c19-10-5-15-18(21-7-10)14(3-4-25-15)22-11-1-2-13-12(6-11)17(24-23-13)16-8-20-9-26-16/h1-2,5-9,14,22H,3-4H2,(H,23,24). The molecule has 0 fully saturated rings. The maximum Gasteiger partial charge on any atom is 0.181 e. The number of aromatic amines is 1. The summed E-state index contributed by atoms with van der Waals surface area (Å²) < 4.78 is 12.0. The third-order valence-electron chi connectivity index (χ3n) is 4.41. The number of anilines is 1. The van der Waals surface area contributed by atoms with Crippen LogP contribution < -0.4 is 10.1 Å². The first-order valence-corrected chi connectivity index (χ1v) is 8.99. The molecule has 1 aromatic carbocycles. The number of nitrogens with zero attached hydrogens (tertiary/aromatic N) is 3. The van der Waals surface area contributed by atoms with Crippen molar-refractivity contribution in [3.8, 4) is 17.2 Å². The summed E-state index contributed by atoms with van der Waals surface area (Å²) in [7, 11) is 0. The highest BCUT2D eigenvalue weighted by Gasteiger charge is 2.23. The predicted octanol–water partition coefficient (Wildman–Crippen LogP) is 4.31. The highest BCUT2D eigenvalue weighted by atomic mass is 79.9. The van der Waals surface area contributed by atoms with Crippen LogP contribution in [0.5, 0.6) is 5.75 Å². The van der Waals surface area contributed by atoms with Crippen molar-refractivity contribution in [3.05, 3.63) is 53.2 Å². The molecule has 1 aliphatic heterocycles. The van der Waals surface area contributed by atoms with E-state index in [1.807, 2.05) is 18.2 Å². The van der Waals surface area contributed by atoms with E-state index in [1.165, 1.54) is 6.39 Å². The fourth-order valence-electron chi connectivity index (χ4n) is 3.20. The van der Waals surface area contributed by atoms with Crippen molar-refractivity contribution in [2.45, 2.75) is 12.5 Å². The van der Waals surface area contributed by atoms with E-state index in [1.54, 1.807) is 12.4 Å². The second kappa shape index (κ2) is 6.14. The van der Waals surface area contributed by atoms with Gasteiger partial charge in [0.1, 0.15) is 17.1 Å². The Bertz CT molecular complexity index is 1080. The molecule has 4 heterocycles. The van der Waals surface area contributed by atoms with E-state index >= 15 is 0 Å². The third-order valence-corrected chi connectivity index (χ3v) is 4.85. The lowest BCUT2D eigenvalue weighted by Gasteiger charge is -2.26. The van der Waals surface area contributed by atoms with Crippen LogP contribution in [0.1, 0.15) is 18.2 Å². The second-order valence-electron chi connectivity index (χ2n) is 6.07. The quantitative estimate of drug-likeness (QED) is 0.521. The Morgan fingerprint density at radius 1 is 1.23 bits per heavy atom. The van der Waals surface area contributed by atoms with Crippen LogP contribution in [-0.4, -0.2) is 26.8 Å². The maximum absolute atomic E-state index is 5.73. The average molecular weight is 412 g/mol. The number of hydrogen-bond acceptors (Lipinski definition) is 6. The van der Waals surface area contributed by atoms with Gasteiger partial charge in [-0.1, -0.05) is 0 Å². The van der Waals surface area contributed by atoms with Gasteiger partial charge >= 0.3 is 0 Å². The molecule has 7 nitrogen and oxygen atoms in total. The molecule has 0 bridgehead atoms. The predicted molar refractivity (Wildman–Crippen MR) is 100 cm³/mol. The number of hydrogen-bond donors (Lipinski definition) is 2. The molecule has 1 aliphatic rings. The van der Waals surface area contributed by atoms with Crippen molar-refractivity contribution < 1.29 is 9.15 Å². The van der Waals surface area contributed by atoms with Gasteiger partial charge in [0.05, 0.1) is 24.4 Å². The van der Waals surface area contributed by atoms with E-state index < -0.39 is 0 Å². The minimum atomic E-state index is 0.0879. The Labute approximate surface area is 156 Å². The Balaban J connectivity index is 1.50. The summed E-state index contributed by atoms with van der Waals surface area (Å²) in [6, 6.07) is 8.13. The van der Waals surface area contributed by atoms with Gasteiger partial charge in [0.15, 0.2) is 12.2 Å². The molecule has 0 saturated carbocycles. The Hall–Kier alpha value is -2.87. The Morgan fingerprint density at radius 3 is 3.08 bits per heavy atom. The lowest BCUT2D eigenvalue weighted by Crippen LogP contribution is -2.21. The Kier molecular flexibility index (Phi) is 3.63. The Morgan fingerprint density at radius 2 is 2.19 bits per heavy atom. The fraction of sp³-hybridized carbons (Fsp3) is 0.167. The molecule has 0 spiro atoms. The summed E-state index contributed by atoms with van der Waals surface area (Å²) in [4.78, 5) is 8.50. The van der Waals surface area contributed by atoms with Gasteiger partial charge in [0.25, 0.3) is 0 Å². The van der Waals surface area contributed by atoms with Crippen molar-refractivity contribution in [1.29, 1.82) is 0 Å². The maximum atomic E-state index is 5.73. The van der Waals surface area contributed by atoms with Crippen LogP contribution in [0.4, 0.5) is 5.69 Å². The first-order chi connectivity index (χ1) is 12.8. The SMILES string of the molecule is Brc1cnc2c(c1)OCCC2Nc1ccc2[nH]nc(-c3cnco3)c2c1. The highest BCUT2D eigenvalue weighted by molar-refractivity contribution is 9.10. The third kappa shape index (κ3) is 2.62. The summed E-state index contributed by atoms with van der Waals surface area (Å²) >= 11 is 3.44. The number of rotatable bonds is 3. The molecule has 1 atom stereocenters. The zero-order valence-corrected chi connectivity index (χ0v) is 15.2. The molecule has 0 saturated heterocycles. The lowest BCUT2D eigenvalue weighted by molar-refractivity contribution is 0.270. The molecule has 2 N–H and O–H groups in total. The van der Waals surface area contributed by atoms with Crippen LogP contribution in [-0.2, 0) is 0 Å². The van der Waals surface area contributed by atoms with Crippen LogP contribution in [0.3, 0.4) is 0 Å². The molecule has 0 aliphatic carbocycles. The zero-order valence-electron chi connectivity index (χ0n) is 13.6. The van der Waals surface area contributed by atoms with Crippen molar-refractivity contribution in [1.82, 2.24) is 20.2 Å². The van der Waals surface area contributed by atoms with E-state index in [-0.39, 0.29) is 6.04 Å². The molecule has 3 aromatic heterocycles. The van der Waals surface area contributed by atoms with Crippen molar-refractivity contribution in [2.24, 2.45) is 0 Å². The van der Waals surface area contributed by atoms with Crippen LogP contribution in [0.25, 0.3) is 22.4 Å². The van der Waals surface area contributed by atoms with Crippen molar-refractivity contribution >= 4 is 32.5 Å². The summed E-state index contributed by atoms with van der Waals surface area (Å²) in [5, 5.41) is 11.9. The number of nitrogens with one attached hydrogen (secondary N) is 2. The van der Waals surface area contributed by atoms with E-state index in [4.69, 9.17) is 9.15 Å². The van der Waals surface area contributed by atoms with Crippen LogP contribution in [0.2, 0.25) is 0 Å². The fourth-order valence-corrected chi connectivity index (χ4v) is 3.51. The number of H-pyrrole nitrogens is 1. The van der Waals surface area contributed by atoms with E-state index in [0.29, 0.717) is 12.4 Å². The van der Waals surface area contributed by atoms with Gasteiger partial charge in [-0.15, -0.1) is 0 Å². The van der Waals surface area contributed by atoms with Crippen LogP contribution in [0.15, 0.2) is 51.9 Å². The summed E-state index contributed by atoms with van der Waals surface area (Å²) in [5.74, 6) is 1.45. The molecule has 5 rings (SSSR count). The monoisotopic (exact) mass is 411 g/mol. The van der Waals surface area contributed by atoms with E-state index in [0.717, 1.165) is 44.6 Å². The molecule has 26 heavy (non-hydrogen) atoms. The summed E-state index contributed by atoms with van der Waals surface area (Å²) in [6.45, 7) is 0.653. The molecule has 0 amide bonds. The van der Waals surface area contributed by atoms with Gasteiger partial charge in [0, 0.05) is 28.2 Å². The molecule has 130 valence electrons.